The van der Waals surface area contributed by atoms with Crippen molar-refractivity contribution in [1.82, 2.24) is 4.90 Å². The van der Waals surface area contributed by atoms with Crippen molar-refractivity contribution < 1.29 is 18.7 Å². The molecule has 0 spiro atoms. The summed E-state index contributed by atoms with van der Waals surface area (Å²) in [6.07, 6.45) is 0.0761. The van der Waals surface area contributed by atoms with E-state index < -0.39 is 23.8 Å². The van der Waals surface area contributed by atoms with E-state index >= 15 is 0 Å². The Morgan fingerprint density at radius 2 is 2.15 bits per heavy atom. The molecule has 1 aliphatic rings. The Balaban J connectivity index is 2.07. The summed E-state index contributed by atoms with van der Waals surface area (Å²) in [5, 5.41) is 12.1. The summed E-state index contributed by atoms with van der Waals surface area (Å²) in [6, 6.07) is 1.33. The van der Waals surface area contributed by atoms with Crippen LogP contribution < -0.4 is 5.32 Å². The normalized spacial score (nSPS) is 22.8. The van der Waals surface area contributed by atoms with Crippen LogP contribution in [0.2, 0.25) is 0 Å². The highest BCUT2D eigenvalue weighted by Gasteiger charge is 2.27. The van der Waals surface area contributed by atoms with Gasteiger partial charge in [-0.25, -0.2) is 13.6 Å². The second-order valence-corrected chi connectivity index (χ2v) is 5.81. The number of hydrogen-bond acceptors (Lipinski definition) is 2. The molecule has 2 N–H and O–H groups in total. The van der Waals surface area contributed by atoms with Crippen LogP contribution in [0, 0.1) is 17.6 Å². The number of halogens is 3. The number of β-amino-alcohol motifs (C(OH)–C–C–N with tert-alkyl or cyclic N) is 1. The van der Waals surface area contributed by atoms with Gasteiger partial charge in [-0.05, 0) is 34.3 Å². The molecular formula is C13H15BrF2N2O2. The van der Waals surface area contributed by atoms with Gasteiger partial charge in [0.15, 0.2) is 0 Å². The van der Waals surface area contributed by atoms with Crippen molar-refractivity contribution in [3.05, 3.63) is 28.2 Å². The third-order valence-electron chi connectivity index (χ3n) is 3.46. The number of aliphatic hydroxyl groups excluding tert-OH is 1. The molecule has 0 saturated carbocycles. The second kappa shape index (κ2) is 6.05. The fourth-order valence-electron chi connectivity index (χ4n) is 2.05. The SMILES string of the molecule is CC1CCN(C(=O)Nc2cc(F)c(Br)cc2F)CC1O. The fourth-order valence-corrected chi connectivity index (χ4v) is 2.36. The Bertz CT molecular complexity index is 527. The van der Waals surface area contributed by atoms with E-state index in [2.05, 4.69) is 21.2 Å². The lowest BCUT2D eigenvalue weighted by Gasteiger charge is -2.34. The van der Waals surface area contributed by atoms with Gasteiger partial charge >= 0.3 is 6.03 Å². The van der Waals surface area contributed by atoms with Crippen molar-refractivity contribution >= 4 is 27.6 Å². The van der Waals surface area contributed by atoms with Gasteiger partial charge in [0.2, 0.25) is 0 Å². The Labute approximate surface area is 123 Å². The van der Waals surface area contributed by atoms with Crippen LogP contribution >= 0.6 is 15.9 Å². The third kappa shape index (κ3) is 3.27. The predicted molar refractivity (Wildman–Crippen MR) is 74.4 cm³/mol. The standard InChI is InChI=1S/C13H15BrF2N2O2/c1-7-2-3-18(6-12(7)19)13(20)17-11-5-9(15)8(14)4-10(11)16/h4-5,7,12,19H,2-3,6H2,1H3,(H,17,20). The summed E-state index contributed by atoms with van der Waals surface area (Å²) >= 11 is 2.87. The van der Waals surface area contributed by atoms with Crippen LogP contribution in [0.3, 0.4) is 0 Å². The average molecular weight is 349 g/mol. The molecule has 1 aromatic rings. The molecule has 2 amide bonds. The summed E-state index contributed by atoms with van der Waals surface area (Å²) < 4.78 is 27.0. The van der Waals surface area contributed by atoms with Gasteiger partial charge in [-0.3, -0.25) is 0 Å². The quantitative estimate of drug-likeness (QED) is 0.766. The molecule has 4 nitrogen and oxygen atoms in total. The molecule has 2 atom stereocenters. The topological polar surface area (TPSA) is 52.6 Å². The van der Waals surface area contributed by atoms with Gasteiger partial charge < -0.3 is 15.3 Å². The third-order valence-corrected chi connectivity index (χ3v) is 4.07. The molecule has 7 heteroatoms. The number of hydrogen-bond donors (Lipinski definition) is 2. The maximum atomic E-state index is 13.6. The van der Waals surface area contributed by atoms with Gasteiger partial charge in [-0.2, -0.15) is 0 Å². The number of likely N-dealkylation sites (tertiary alicyclic amines) is 1. The van der Waals surface area contributed by atoms with E-state index in [-0.39, 0.29) is 22.6 Å². The first-order chi connectivity index (χ1) is 9.38. The zero-order valence-electron chi connectivity index (χ0n) is 10.9. The van der Waals surface area contributed by atoms with Crippen molar-refractivity contribution in [2.45, 2.75) is 19.4 Å². The number of aliphatic hydroxyl groups is 1. The van der Waals surface area contributed by atoms with E-state index in [1.54, 1.807) is 0 Å². The Morgan fingerprint density at radius 1 is 1.45 bits per heavy atom. The maximum absolute atomic E-state index is 13.6. The van der Waals surface area contributed by atoms with Crippen LogP contribution in [0.4, 0.5) is 19.3 Å². The minimum Gasteiger partial charge on any atom is -0.391 e. The predicted octanol–water partition coefficient (Wildman–Crippen LogP) is 2.96. The number of nitrogens with one attached hydrogen (secondary N) is 1. The summed E-state index contributed by atoms with van der Waals surface area (Å²) in [4.78, 5) is 13.4. The molecule has 1 saturated heterocycles. The lowest BCUT2D eigenvalue weighted by molar-refractivity contribution is 0.0463. The molecule has 110 valence electrons. The van der Waals surface area contributed by atoms with Crippen molar-refractivity contribution in [3.8, 4) is 0 Å². The van der Waals surface area contributed by atoms with Crippen LogP contribution in [0.25, 0.3) is 0 Å². The number of urea groups is 1. The molecule has 1 fully saturated rings. The zero-order chi connectivity index (χ0) is 14.9. The van der Waals surface area contributed by atoms with Crippen LogP contribution in [-0.4, -0.2) is 35.2 Å². The van der Waals surface area contributed by atoms with E-state index in [1.165, 1.54) is 4.90 Å². The number of piperidine rings is 1. The molecule has 0 radical (unpaired) electrons. The van der Waals surface area contributed by atoms with Crippen LogP contribution in [0.5, 0.6) is 0 Å². The molecule has 0 aliphatic carbocycles. The first kappa shape index (κ1) is 15.2. The molecule has 1 aromatic carbocycles. The van der Waals surface area contributed by atoms with Gasteiger partial charge in [-0.15, -0.1) is 0 Å². The van der Waals surface area contributed by atoms with Crippen LogP contribution in [0.15, 0.2) is 16.6 Å². The van der Waals surface area contributed by atoms with Gasteiger partial charge in [-0.1, -0.05) is 6.92 Å². The number of nitrogens with zero attached hydrogens (tertiary/aromatic N) is 1. The van der Waals surface area contributed by atoms with E-state index in [0.29, 0.717) is 13.0 Å². The first-order valence-corrected chi connectivity index (χ1v) is 7.06. The molecule has 20 heavy (non-hydrogen) atoms. The number of amides is 2. The number of anilines is 1. The minimum absolute atomic E-state index is 0.00443. The lowest BCUT2D eigenvalue weighted by atomic mass is 9.96. The minimum atomic E-state index is -0.724. The Hall–Kier alpha value is -1.21. The number of carbonyl (C=O) groups is 1. The van der Waals surface area contributed by atoms with Crippen molar-refractivity contribution in [3.63, 3.8) is 0 Å². The highest BCUT2D eigenvalue weighted by molar-refractivity contribution is 9.10. The second-order valence-electron chi connectivity index (χ2n) is 4.96. The molecule has 0 aromatic heterocycles. The van der Waals surface area contributed by atoms with Crippen molar-refractivity contribution in [2.24, 2.45) is 5.92 Å². The monoisotopic (exact) mass is 348 g/mol. The summed E-state index contributed by atoms with van der Waals surface area (Å²) in [6.45, 7) is 2.57. The fraction of sp³-hybridized carbons (Fsp3) is 0.462. The van der Waals surface area contributed by atoms with Gasteiger partial charge in [0.25, 0.3) is 0 Å². The highest BCUT2D eigenvalue weighted by Crippen LogP contribution is 2.24. The van der Waals surface area contributed by atoms with Gasteiger partial charge in [0.05, 0.1) is 16.3 Å². The molecule has 0 bridgehead atoms. The van der Waals surface area contributed by atoms with E-state index in [0.717, 1.165) is 12.1 Å². The number of benzene rings is 1. The molecule has 2 rings (SSSR count). The largest absolute Gasteiger partial charge is 0.391 e. The summed E-state index contributed by atoms with van der Waals surface area (Å²) in [7, 11) is 0. The first-order valence-electron chi connectivity index (χ1n) is 6.27. The van der Waals surface area contributed by atoms with Gasteiger partial charge in [0.1, 0.15) is 11.6 Å². The summed E-state index contributed by atoms with van der Waals surface area (Å²) in [5.74, 6) is -1.26. The molecular weight excluding hydrogens is 334 g/mol. The Kier molecular flexibility index (Phi) is 4.59. The molecule has 2 unspecified atom stereocenters. The lowest BCUT2D eigenvalue weighted by Crippen LogP contribution is -2.47. The maximum Gasteiger partial charge on any atom is 0.322 e. The Morgan fingerprint density at radius 3 is 2.80 bits per heavy atom. The number of carbonyl (C=O) groups excluding carboxylic acids is 1. The number of rotatable bonds is 1. The smallest absolute Gasteiger partial charge is 0.322 e. The van der Waals surface area contributed by atoms with Crippen molar-refractivity contribution in [2.75, 3.05) is 18.4 Å². The highest BCUT2D eigenvalue weighted by atomic mass is 79.9. The molecule has 1 heterocycles. The summed E-state index contributed by atoms with van der Waals surface area (Å²) in [5.41, 5.74) is -0.219. The van der Waals surface area contributed by atoms with Crippen LogP contribution in [0.1, 0.15) is 13.3 Å². The van der Waals surface area contributed by atoms with E-state index in [4.69, 9.17) is 0 Å². The van der Waals surface area contributed by atoms with Crippen molar-refractivity contribution in [1.29, 1.82) is 0 Å². The van der Waals surface area contributed by atoms with Gasteiger partial charge in [0, 0.05) is 19.2 Å². The van der Waals surface area contributed by atoms with E-state index in [1.807, 2.05) is 6.92 Å². The van der Waals surface area contributed by atoms with Crippen LogP contribution in [-0.2, 0) is 0 Å². The molecule has 1 aliphatic heterocycles. The zero-order valence-corrected chi connectivity index (χ0v) is 12.5. The average Bonchev–Trinajstić information content (AvgIpc) is 2.39. The van der Waals surface area contributed by atoms with E-state index in [9.17, 15) is 18.7 Å².